The molecule has 0 unspecified atom stereocenters. The molecule has 0 radical (unpaired) electrons. The van der Waals surface area contributed by atoms with E-state index in [0.717, 1.165) is 27.5 Å². The Bertz CT molecular complexity index is 750. The van der Waals surface area contributed by atoms with Gasteiger partial charge in [-0.15, -0.1) is 0 Å². The number of benzene rings is 1. The number of carbonyl (C=O) groups is 1. The van der Waals surface area contributed by atoms with E-state index in [1.54, 1.807) is 6.07 Å². The van der Waals surface area contributed by atoms with Crippen LogP contribution in [0.15, 0.2) is 24.3 Å². The van der Waals surface area contributed by atoms with Crippen LogP contribution in [-0.4, -0.2) is 20.6 Å². The topological polar surface area (TPSA) is 58.0 Å². The van der Waals surface area contributed by atoms with Gasteiger partial charge in [-0.05, 0) is 25.1 Å². The zero-order chi connectivity index (χ0) is 12.2. The zero-order valence-corrected chi connectivity index (χ0v) is 9.61. The smallest absolute Gasteiger partial charge is 0.352 e. The van der Waals surface area contributed by atoms with Gasteiger partial charge in [0, 0.05) is 12.4 Å². The van der Waals surface area contributed by atoms with Crippen molar-refractivity contribution >= 4 is 27.9 Å². The fraction of sp³-hybridized carbons (Fsp3) is 0.154. The van der Waals surface area contributed by atoms with Gasteiger partial charge in [0.2, 0.25) is 0 Å². The Morgan fingerprint density at radius 1 is 1.29 bits per heavy atom. The van der Waals surface area contributed by atoms with E-state index < -0.39 is 5.97 Å². The maximum atomic E-state index is 10.9. The van der Waals surface area contributed by atoms with Crippen molar-refractivity contribution in [2.24, 2.45) is 7.05 Å². The first kappa shape index (κ1) is 9.96. The van der Waals surface area contributed by atoms with Gasteiger partial charge in [0.15, 0.2) is 0 Å². The molecule has 0 fully saturated rings. The molecule has 4 heteroatoms. The van der Waals surface area contributed by atoms with Gasteiger partial charge in [0.05, 0.1) is 16.6 Å². The first-order chi connectivity index (χ1) is 8.08. The molecule has 2 heterocycles. The lowest BCUT2D eigenvalue weighted by Crippen LogP contribution is -1.95. The van der Waals surface area contributed by atoms with Crippen LogP contribution < -0.4 is 0 Å². The molecule has 0 saturated heterocycles. The van der Waals surface area contributed by atoms with Crippen LogP contribution >= 0.6 is 0 Å². The number of aromatic amines is 1. The second kappa shape index (κ2) is 3.13. The third-order valence-electron chi connectivity index (χ3n) is 3.17. The number of H-pyrrole nitrogens is 1. The van der Waals surface area contributed by atoms with E-state index in [1.165, 1.54) is 0 Å². The first-order valence-corrected chi connectivity index (χ1v) is 5.39. The van der Waals surface area contributed by atoms with E-state index in [9.17, 15) is 4.79 Å². The monoisotopic (exact) mass is 228 g/mol. The molecule has 0 spiro atoms. The van der Waals surface area contributed by atoms with Crippen molar-refractivity contribution in [2.45, 2.75) is 6.92 Å². The summed E-state index contributed by atoms with van der Waals surface area (Å²) in [7, 11) is 1.94. The summed E-state index contributed by atoms with van der Waals surface area (Å²) in [6, 6.07) is 7.85. The molecular weight excluding hydrogens is 216 g/mol. The number of carboxylic acid groups (broad SMARTS) is 1. The molecule has 0 saturated carbocycles. The molecule has 0 atom stereocenters. The molecule has 3 rings (SSSR count). The van der Waals surface area contributed by atoms with Gasteiger partial charge < -0.3 is 14.7 Å². The summed E-state index contributed by atoms with van der Waals surface area (Å²) in [6.45, 7) is 2.03. The molecule has 1 aromatic carbocycles. The van der Waals surface area contributed by atoms with Crippen LogP contribution in [0.4, 0.5) is 0 Å². The number of aromatic nitrogens is 2. The molecule has 3 aromatic rings. The maximum Gasteiger partial charge on any atom is 0.352 e. The van der Waals surface area contributed by atoms with Crippen molar-refractivity contribution in [1.29, 1.82) is 0 Å². The van der Waals surface area contributed by atoms with E-state index in [2.05, 4.69) is 23.2 Å². The highest BCUT2D eigenvalue weighted by Gasteiger charge is 2.14. The number of fused-ring (bicyclic) bond motifs is 3. The van der Waals surface area contributed by atoms with Crippen LogP contribution in [0.1, 0.15) is 16.1 Å². The van der Waals surface area contributed by atoms with Crippen LogP contribution in [0.3, 0.4) is 0 Å². The SMILES string of the molecule is Cc1ccc2c(c1)c1[nH]c(C(=O)O)cc1n2C. The standard InChI is InChI=1S/C13H12N2O2/c1-7-3-4-10-8(5-7)12-11(15(10)2)6-9(14-12)13(16)17/h3-6,14H,1-2H3,(H,16,17). The number of nitrogens with one attached hydrogen (secondary N) is 1. The lowest BCUT2D eigenvalue weighted by Gasteiger charge is -1.98. The third-order valence-corrected chi connectivity index (χ3v) is 3.17. The molecule has 4 nitrogen and oxygen atoms in total. The first-order valence-electron chi connectivity index (χ1n) is 5.39. The predicted molar refractivity (Wildman–Crippen MR) is 66.5 cm³/mol. The highest BCUT2D eigenvalue weighted by molar-refractivity contribution is 6.08. The number of aryl methyl sites for hydroxylation is 2. The highest BCUT2D eigenvalue weighted by atomic mass is 16.4. The van der Waals surface area contributed by atoms with E-state index in [0.29, 0.717) is 0 Å². The number of carboxylic acids is 1. The van der Waals surface area contributed by atoms with E-state index >= 15 is 0 Å². The van der Waals surface area contributed by atoms with Crippen molar-refractivity contribution in [3.05, 3.63) is 35.5 Å². The van der Waals surface area contributed by atoms with E-state index in [1.807, 2.05) is 18.5 Å². The van der Waals surface area contributed by atoms with Crippen molar-refractivity contribution < 1.29 is 9.90 Å². The predicted octanol–water partition coefficient (Wildman–Crippen LogP) is 2.67. The van der Waals surface area contributed by atoms with Crippen LogP contribution in [0, 0.1) is 6.92 Å². The number of hydrogen-bond donors (Lipinski definition) is 2. The molecule has 0 aliphatic heterocycles. The third kappa shape index (κ3) is 1.27. The normalized spacial score (nSPS) is 11.4. The van der Waals surface area contributed by atoms with Gasteiger partial charge in [-0.2, -0.15) is 0 Å². The van der Waals surface area contributed by atoms with Gasteiger partial charge in [-0.3, -0.25) is 0 Å². The zero-order valence-electron chi connectivity index (χ0n) is 9.61. The minimum absolute atomic E-state index is 0.231. The number of hydrogen-bond acceptors (Lipinski definition) is 1. The Morgan fingerprint density at radius 2 is 2.06 bits per heavy atom. The lowest BCUT2D eigenvalue weighted by molar-refractivity contribution is 0.0691. The fourth-order valence-corrected chi connectivity index (χ4v) is 2.30. The van der Waals surface area contributed by atoms with Crippen LogP contribution in [0.25, 0.3) is 21.9 Å². The van der Waals surface area contributed by atoms with Crippen LogP contribution in [0.5, 0.6) is 0 Å². The minimum Gasteiger partial charge on any atom is -0.477 e. The molecule has 2 N–H and O–H groups in total. The summed E-state index contributed by atoms with van der Waals surface area (Å²) in [5.41, 5.74) is 4.31. The molecule has 0 aliphatic rings. The number of rotatable bonds is 1. The second-order valence-corrected chi connectivity index (χ2v) is 4.33. The average molecular weight is 228 g/mol. The molecule has 0 aliphatic carbocycles. The summed E-state index contributed by atoms with van der Waals surface area (Å²) in [5, 5.41) is 10.0. The summed E-state index contributed by atoms with van der Waals surface area (Å²) in [5.74, 6) is -0.929. The minimum atomic E-state index is -0.929. The molecule has 86 valence electrons. The highest BCUT2D eigenvalue weighted by Crippen LogP contribution is 2.28. The van der Waals surface area contributed by atoms with Gasteiger partial charge in [0.25, 0.3) is 0 Å². The Hall–Kier alpha value is -2.23. The summed E-state index contributed by atoms with van der Waals surface area (Å²) in [4.78, 5) is 13.9. The van der Waals surface area contributed by atoms with Gasteiger partial charge in [-0.25, -0.2) is 4.79 Å². The number of nitrogens with zero attached hydrogens (tertiary/aromatic N) is 1. The molecule has 2 aromatic heterocycles. The summed E-state index contributed by atoms with van der Waals surface area (Å²) >= 11 is 0. The van der Waals surface area contributed by atoms with Gasteiger partial charge in [-0.1, -0.05) is 11.6 Å². The Morgan fingerprint density at radius 3 is 2.76 bits per heavy atom. The number of aromatic carboxylic acids is 1. The molecular formula is C13H12N2O2. The Kier molecular flexibility index (Phi) is 1.84. The van der Waals surface area contributed by atoms with Crippen molar-refractivity contribution in [3.63, 3.8) is 0 Å². The van der Waals surface area contributed by atoms with Crippen LogP contribution in [0.2, 0.25) is 0 Å². The van der Waals surface area contributed by atoms with Crippen molar-refractivity contribution in [3.8, 4) is 0 Å². The maximum absolute atomic E-state index is 10.9. The Balaban J connectivity index is 2.48. The van der Waals surface area contributed by atoms with Crippen LogP contribution in [-0.2, 0) is 7.05 Å². The average Bonchev–Trinajstić information content (AvgIpc) is 2.80. The van der Waals surface area contributed by atoms with E-state index in [4.69, 9.17) is 5.11 Å². The lowest BCUT2D eigenvalue weighted by atomic mass is 10.2. The fourth-order valence-electron chi connectivity index (χ4n) is 2.30. The van der Waals surface area contributed by atoms with Crippen molar-refractivity contribution in [2.75, 3.05) is 0 Å². The van der Waals surface area contributed by atoms with E-state index in [-0.39, 0.29) is 5.69 Å². The van der Waals surface area contributed by atoms with Gasteiger partial charge in [0.1, 0.15) is 5.69 Å². The van der Waals surface area contributed by atoms with Gasteiger partial charge >= 0.3 is 5.97 Å². The molecule has 0 amide bonds. The Labute approximate surface area is 97.5 Å². The molecule has 17 heavy (non-hydrogen) atoms. The second-order valence-electron chi connectivity index (χ2n) is 4.33. The molecule has 0 bridgehead atoms. The summed E-state index contributed by atoms with van der Waals surface area (Å²) < 4.78 is 2.01. The quantitative estimate of drug-likeness (QED) is 0.672. The summed E-state index contributed by atoms with van der Waals surface area (Å²) in [6.07, 6.45) is 0. The van der Waals surface area contributed by atoms with Crippen molar-refractivity contribution in [1.82, 2.24) is 9.55 Å². The largest absolute Gasteiger partial charge is 0.477 e.